The molecule has 146 valence electrons. The predicted molar refractivity (Wildman–Crippen MR) is 121 cm³/mol. The number of rotatable bonds is 6. The molecule has 0 aliphatic rings. The molecule has 1 heterocycles. The minimum absolute atomic E-state index is 0.380. The lowest BCUT2D eigenvalue weighted by molar-refractivity contribution is 0.302. The highest BCUT2D eigenvalue weighted by atomic mass is 35.5. The zero-order valence-electron chi connectivity index (χ0n) is 16.3. The molecule has 0 unspecified atom stereocenters. The summed E-state index contributed by atoms with van der Waals surface area (Å²) >= 11 is 6.07. The molecule has 0 bridgehead atoms. The zero-order valence-corrected chi connectivity index (χ0v) is 17.0. The Bertz CT molecular complexity index is 1260. The maximum absolute atomic E-state index is 9.19. The van der Waals surface area contributed by atoms with Gasteiger partial charge in [0.25, 0.3) is 0 Å². The monoisotopic (exact) mass is 410 g/mol. The molecule has 0 atom stereocenters. The lowest BCUT2D eigenvalue weighted by Gasteiger charge is -2.08. The molecular weight excluding hydrogens is 392 g/mol. The van der Waals surface area contributed by atoms with Crippen LogP contribution in [0, 0.1) is 11.3 Å². The normalized spacial score (nSPS) is 10.9. The fourth-order valence-corrected chi connectivity index (χ4v) is 3.37. The van der Waals surface area contributed by atoms with E-state index in [0.29, 0.717) is 23.6 Å². The lowest BCUT2D eigenvalue weighted by Crippen LogP contribution is -1.98. The van der Waals surface area contributed by atoms with Crippen molar-refractivity contribution >= 4 is 28.6 Å². The van der Waals surface area contributed by atoms with E-state index in [-0.39, 0.29) is 0 Å². The number of nitriles is 1. The molecule has 4 rings (SSSR count). The molecular formula is C26H19ClN2O. The quantitative estimate of drug-likeness (QED) is 0.360. The molecule has 3 nitrogen and oxygen atoms in total. The van der Waals surface area contributed by atoms with Gasteiger partial charge >= 0.3 is 0 Å². The van der Waals surface area contributed by atoms with Crippen LogP contribution in [0.25, 0.3) is 17.0 Å². The molecule has 0 aliphatic carbocycles. The topological polar surface area (TPSA) is 45.9 Å². The Morgan fingerprint density at radius 2 is 1.83 bits per heavy atom. The summed E-state index contributed by atoms with van der Waals surface area (Å²) in [6.45, 7) is 0.380. The van der Waals surface area contributed by atoms with Gasteiger partial charge in [-0.05, 0) is 53.9 Å². The van der Waals surface area contributed by atoms with E-state index in [0.717, 1.165) is 33.5 Å². The van der Waals surface area contributed by atoms with Crippen LogP contribution >= 0.6 is 11.6 Å². The first-order chi connectivity index (χ1) is 14.7. The second kappa shape index (κ2) is 9.26. The first-order valence-corrected chi connectivity index (χ1v) is 10.0. The molecule has 1 aromatic heterocycles. The van der Waals surface area contributed by atoms with Crippen LogP contribution in [-0.2, 0) is 13.0 Å². The van der Waals surface area contributed by atoms with Crippen molar-refractivity contribution in [3.63, 3.8) is 0 Å². The van der Waals surface area contributed by atoms with Crippen molar-refractivity contribution in [3.05, 3.63) is 112 Å². The average molecular weight is 411 g/mol. The van der Waals surface area contributed by atoms with Crippen molar-refractivity contribution in [2.75, 3.05) is 0 Å². The first kappa shape index (κ1) is 19.7. The molecule has 0 radical (unpaired) electrons. The molecule has 0 saturated carbocycles. The van der Waals surface area contributed by atoms with Crippen molar-refractivity contribution in [2.45, 2.75) is 13.0 Å². The Labute approximate surface area is 180 Å². The highest BCUT2D eigenvalue weighted by molar-refractivity contribution is 6.31. The van der Waals surface area contributed by atoms with Gasteiger partial charge in [-0.3, -0.25) is 0 Å². The van der Waals surface area contributed by atoms with E-state index < -0.39 is 0 Å². The van der Waals surface area contributed by atoms with E-state index in [2.05, 4.69) is 17.1 Å². The summed E-state index contributed by atoms with van der Waals surface area (Å²) in [5.41, 5.74) is 4.48. The molecule has 0 spiro atoms. The van der Waals surface area contributed by atoms with Crippen LogP contribution in [0.2, 0.25) is 5.02 Å². The number of pyridine rings is 1. The Balaban J connectivity index is 1.41. The van der Waals surface area contributed by atoms with Gasteiger partial charge in [-0.1, -0.05) is 66.2 Å². The lowest BCUT2D eigenvalue weighted by atomic mass is 10.0. The molecule has 4 aromatic rings. The summed E-state index contributed by atoms with van der Waals surface area (Å²) in [6.07, 6.45) is 4.81. The minimum Gasteiger partial charge on any atom is -0.487 e. The molecule has 0 amide bonds. The summed E-state index contributed by atoms with van der Waals surface area (Å²) in [6, 6.07) is 27.5. The average Bonchev–Trinajstić information content (AvgIpc) is 2.78. The summed E-state index contributed by atoms with van der Waals surface area (Å²) in [7, 11) is 0. The minimum atomic E-state index is 0.380. The number of fused-ring (bicyclic) bond motifs is 1. The largest absolute Gasteiger partial charge is 0.487 e. The van der Waals surface area contributed by atoms with Crippen LogP contribution in [0.4, 0.5) is 0 Å². The fraction of sp³-hybridized carbons (Fsp3) is 0.0769. The Hall–Kier alpha value is -3.61. The highest BCUT2D eigenvalue weighted by Gasteiger charge is 2.02. The number of aromatic nitrogens is 1. The summed E-state index contributed by atoms with van der Waals surface area (Å²) in [4.78, 5) is 4.62. The third-order valence-corrected chi connectivity index (χ3v) is 4.98. The van der Waals surface area contributed by atoms with Crippen molar-refractivity contribution in [1.82, 2.24) is 4.98 Å². The van der Waals surface area contributed by atoms with Crippen LogP contribution in [0.1, 0.15) is 22.4 Å². The van der Waals surface area contributed by atoms with Crippen molar-refractivity contribution in [3.8, 4) is 11.8 Å². The predicted octanol–water partition coefficient (Wildman–Crippen LogP) is 6.59. The van der Waals surface area contributed by atoms with E-state index in [1.807, 2.05) is 84.9 Å². The molecule has 0 N–H and O–H groups in total. The van der Waals surface area contributed by atoms with Gasteiger partial charge in [-0.25, -0.2) is 4.98 Å². The molecule has 0 aliphatic heterocycles. The first-order valence-electron chi connectivity index (χ1n) is 9.64. The second-order valence-electron chi connectivity index (χ2n) is 6.88. The van der Waals surface area contributed by atoms with E-state index in [9.17, 15) is 5.26 Å². The number of nitrogens with zero attached hydrogens (tertiary/aromatic N) is 2. The van der Waals surface area contributed by atoms with Crippen LogP contribution in [-0.4, -0.2) is 4.98 Å². The fourth-order valence-electron chi connectivity index (χ4n) is 3.21. The van der Waals surface area contributed by atoms with Gasteiger partial charge < -0.3 is 4.74 Å². The third kappa shape index (κ3) is 4.86. The van der Waals surface area contributed by atoms with Gasteiger partial charge in [0.05, 0.1) is 22.8 Å². The Kier molecular flexibility index (Phi) is 6.08. The number of ether oxygens (including phenoxy) is 1. The highest BCUT2D eigenvalue weighted by Crippen LogP contribution is 2.20. The Morgan fingerprint density at radius 3 is 2.73 bits per heavy atom. The van der Waals surface area contributed by atoms with E-state index in [4.69, 9.17) is 16.3 Å². The molecule has 3 aromatic carbocycles. The molecule has 4 heteroatoms. The van der Waals surface area contributed by atoms with Crippen molar-refractivity contribution in [1.29, 1.82) is 5.26 Å². The third-order valence-electron chi connectivity index (χ3n) is 4.74. The maximum atomic E-state index is 9.19. The van der Waals surface area contributed by atoms with E-state index in [1.165, 1.54) is 0 Å². The van der Waals surface area contributed by atoms with Gasteiger partial charge in [-0.15, -0.1) is 0 Å². The van der Waals surface area contributed by atoms with Gasteiger partial charge in [0.1, 0.15) is 12.4 Å². The van der Waals surface area contributed by atoms with E-state index in [1.54, 1.807) is 0 Å². The van der Waals surface area contributed by atoms with Crippen molar-refractivity contribution in [2.24, 2.45) is 0 Å². The second-order valence-corrected chi connectivity index (χ2v) is 7.31. The van der Waals surface area contributed by atoms with E-state index >= 15 is 0 Å². The number of hydrogen-bond donors (Lipinski definition) is 0. The summed E-state index contributed by atoms with van der Waals surface area (Å²) in [5.74, 6) is 0.780. The number of benzene rings is 3. The van der Waals surface area contributed by atoms with Gasteiger partial charge in [0.2, 0.25) is 0 Å². The Morgan fingerprint density at radius 1 is 0.967 bits per heavy atom. The SMILES string of the molecule is N#Cc1ccccc1C/C=C/c1cccc(OCc2ccc3ccc(Cl)cc3n2)c1. The zero-order chi connectivity index (χ0) is 20.8. The van der Waals surface area contributed by atoms with Crippen LogP contribution in [0.5, 0.6) is 5.75 Å². The number of allylic oxidation sites excluding steroid dienone is 1. The van der Waals surface area contributed by atoms with Crippen LogP contribution in [0.15, 0.2) is 84.9 Å². The summed E-state index contributed by atoms with van der Waals surface area (Å²) < 4.78 is 5.94. The number of halogens is 1. The molecule has 30 heavy (non-hydrogen) atoms. The van der Waals surface area contributed by atoms with Crippen LogP contribution in [0.3, 0.4) is 0 Å². The molecule has 0 fully saturated rings. The van der Waals surface area contributed by atoms with Crippen molar-refractivity contribution < 1.29 is 4.74 Å². The van der Waals surface area contributed by atoms with Gasteiger partial charge in [-0.2, -0.15) is 5.26 Å². The number of hydrogen-bond acceptors (Lipinski definition) is 3. The van der Waals surface area contributed by atoms with Crippen LogP contribution < -0.4 is 4.74 Å². The molecule has 0 saturated heterocycles. The summed E-state index contributed by atoms with van der Waals surface area (Å²) in [5, 5.41) is 10.9. The van der Waals surface area contributed by atoms with Gasteiger partial charge in [0.15, 0.2) is 0 Å². The standard InChI is InChI=1S/C26H19ClN2O/c27-23-13-11-21-12-14-24(29-26(21)16-23)18-30-25-10-4-6-19(15-25)5-3-9-20-7-1-2-8-22(20)17-28/h1-8,10-16H,9,18H2/b5-3+. The maximum Gasteiger partial charge on any atom is 0.130 e. The van der Waals surface area contributed by atoms with Gasteiger partial charge in [0, 0.05) is 10.4 Å². The smallest absolute Gasteiger partial charge is 0.130 e.